The van der Waals surface area contributed by atoms with Crippen molar-refractivity contribution in [2.75, 3.05) is 5.32 Å². The van der Waals surface area contributed by atoms with Gasteiger partial charge in [0.05, 0.1) is 22.1 Å². The number of rotatable bonds is 2. The fraction of sp³-hybridized carbons (Fsp3) is 0.0625. The normalized spacial score (nSPS) is 13.5. The zero-order valence-corrected chi connectivity index (χ0v) is 12.6. The van der Waals surface area contributed by atoms with Gasteiger partial charge in [-0.05, 0) is 30.2 Å². The Kier molecular flexibility index (Phi) is 3.24. The first-order valence-corrected chi connectivity index (χ1v) is 7.41. The number of aromatic nitrogens is 1. The van der Waals surface area contributed by atoms with Crippen LogP contribution in [0.4, 0.5) is 5.69 Å². The maximum absolute atomic E-state index is 6.40. The van der Waals surface area contributed by atoms with E-state index in [-0.39, 0.29) is 0 Å². The summed E-state index contributed by atoms with van der Waals surface area (Å²) in [6.45, 7) is 9.83. The van der Waals surface area contributed by atoms with Crippen molar-refractivity contribution >= 4 is 46.0 Å². The third-order valence-electron chi connectivity index (χ3n) is 3.22. The van der Waals surface area contributed by atoms with Gasteiger partial charge in [0.15, 0.2) is 0 Å². The predicted octanol–water partition coefficient (Wildman–Crippen LogP) is 5.23. The van der Waals surface area contributed by atoms with Crippen molar-refractivity contribution in [1.29, 1.82) is 0 Å². The summed E-state index contributed by atoms with van der Waals surface area (Å²) in [7, 11) is 0. The van der Waals surface area contributed by atoms with Gasteiger partial charge in [-0.3, -0.25) is 0 Å². The van der Waals surface area contributed by atoms with E-state index >= 15 is 0 Å². The second-order valence-electron chi connectivity index (χ2n) is 4.61. The Labute approximate surface area is 127 Å². The van der Waals surface area contributed by atoms with Gasteiger partial charge in [-0.25, -0.2) is 4.98 Å². The lowest BCUT2D eigenvalue weighted by molar-refractivity contribution is 1.32. The largest absolute Gasteiger partial charge is 0.351 e. The third-order valence-corrected chi connectivity index (χ3v) is 4.60. The molecule has 0 spiro atoms. The first-order chi connectivity index (χ1) is 9.60. The summed E-state index contributed by atoms with van der Waals surface area (Å²) < 4.78 is 0. The molecule has 1 aliphatic rings. The van der Waals surface area contributed by atoms with E-state index in [1.165, 1.54) is 0 Å². The number of fused-ring (bicyclic) bond motifs is 1. The smallest absolute Gasteiger partial charge is 0.140 e. The Morgan fingerprint density at radius 1 is 1.40 bits per heavy atom. The molecule has 100 valence electrons. The Hall–Kier alpha value is -1.84. The lowest BCUT2D eigenvalue weighted by Crippen LogP contribution is -2.07. The minimum atomic E-state index is 0.731. The number of nitrogens with one attached hydrogen (secondary N) is 1. The minimum absolute atomic E-state index is 0.731. The zero-order valence-electron chi connectivity index (χ0n) is 11.0. The molecule has 1 aromatic carbocycles. The number of anilines is 1. The molecule has 0 saturated carbocycles. The van der Waals surface area contributed by atoms with Crippen LogP contribution in [-0.2, 0) is 0 Å². The summed E-state index contributed by atoms with van der Waals surface area (Å²) in [5.74, 6) is 0. The maximum Gasteiger partial charge on any atom is 0.140 e. The van der Waals surface area contributed by atoms with Crippen molar-refractivity contribution in [3.8, 4) is 0 Å². The number of halogens is 1. The van der Waals surface area contributed by atoms with Gasteiger partial charge in [0.25, 0.3) is 0 Å². The van der Waals surface area contributed by atoms with Gasteiger partial charge in [0, 0.05) is 10.9 Å². The van der Waals surface area contributed by atoms with Crippen LogP contribution in [0.1, 0.15) is 21.8 Å². The van der Waals surface area contributed by atoms with E-state index in [0.717, 1.165) is 43.8 Å². The van der Waals surface area contributed by atoms with Crippen LogP contribution in [0.3, 0.4) is 0 Å². The topological polar surface area (TPSA) is 24.9 Å². The second-order valence-corrected chi connectivity index (χ2v) is 5.84. The number of hydrogen-bond acceptors (Lipinski definition) is 3. The van der Waals surface area contributed by atoms with Crippen molar-refractivity contribution in [2.45, 2.75) is 6.92 Å². The van der Waals surface area contributed by atoms with Crippen molar-refractivity contribution in [3.63, 3.8) is 0 Å². The van der Waals surface area contributed by atoms with E-state index in [1.807, 2.05) is 30.5 Å². The van der Waals surface area contributed by atoms with Crippen LogP contribution in [0.15, 0.2) is 36.7 Å². The van der Waals surface area contributed by atoms with Gasteiger partial charge in [0.1, 0.15) is 5.01 Å². The van der Waals surface area contributed by atoms with E-state index in [1.54, 1.807) is 17.4 Å². The summed E-state index contributed by atoms with van der Waals surface area (Å²) in [6, 6.07) is 4.04. The van der Waals surface area contributed by atoms with Crippen LogP contribution in [0.2, 0.25) is 5.02 Å². The summed E-state index contributed by atoms with van der Waals surface area (Å²) in [5.41, 5.74) is 5.71. The molecule has 0 bridgehead atoms. The molecule has 0 amide bonds. The zero-order chi connectivity index (χ0) is 14.3. The molecule has 0 saturated heterocycles. The highest BCUT2D eigenvalue weighted by molar-refractivity contribution is 7.11. The average Bonchev–Trinajstić information content (AvgIpc) is 2.92. The van der Waals surface area contributed by atoms with Gasteiger partial charge in [-0.2, -0.15) is 0 Å². The average molecular weight is 301 g/mol. The first kappa shape index (κ1) is 13.2. The fourth-order valence-corrected chi connectivity index (χ4v) is 3.10. The van der Waals surface area contributed by atoms with Crippen LogP contribution in [0.25, 0.3) is 17.3 Å². The molecule has 2 heterocycles. The third kappa shape index (κ3) is 2.09. The summed E-state index contributed by atoms with van der Waals surface area (Å²) in [4.78, 5) is 4.50. The lowest BCUT2D eigenvalue weighted by atomic mass is 9.99. The highest BCUT2D eigenvalue weighted by Gasteiger charge is 2.19. The van der Waals surface area contributed by atoms with Gasteiger partial charge in [-0.1, -0.05) is 36.9 Å². The van der Waals surface area contributed by atoms with Crippen LogP contribution >= 0.6 is 22.9 Å². The van der Waals surface area contributed by atoms with E-state index in [4.69, 9.17) is 11.6 Å². The molecule has 0 radical (unpaired) electrons. The van der Waals surface area contributed by atoms with Crippen molar-refractivity contribution in [3.05, 3.63) is 63.6 Å². The molecule has 20 heavy (non-hydrogen) atoms. The van der Waals surface area contributed by atoms with E-state index in [2.05, 4.69) is 23.5 Å². The number of nitrogens with zero attached hydrogens (tertiary/aromatic N) is 1. The molecule has 0 aliphatic carbocycles. The molecule has 3 rings (SSSR count). The van der Waals surface area contributed by atoms with Gasteiger partial charge >= 0.3 is 0 Å². The van der Waals surface area contributed by atoms with Gasteiger partial charge in [0.2, 0.25) is 0 Å². The Balaban J connectivity index is 2.07. The van der Waals surface area contributed by atoms with E-state index in [9.17, 15) is 0 Å². The predicted molar refractivity (Wildman–Crippen MR) is 89.0 cm³/mol. The van der Waals surface area contributed by atoms with Crippen LogP contribution in [0.5, 0.6) is 0 Å². The highest BCUT2D eigenvalue weighted by Crippen LogP contribution is 2.40. The van der Waals surface area contributed by atoms with Crippen LogP contribution in [-0.4, -0.2) is 4.98 Å². The van der Waals surface area contributed by atoms with Crippen molar-refractivity contribution in [2.24, 2.45) is 0 Å². The van der Waals surface area contributed by atoms with Gasteiger partial charge < -0.3 is 5.32 Å². The molecule has 0 fully saturated rings. The SMILES string of the molecule is C=Cc1csc(C2=CC(=C)c3ccc(C)c(Cl)c3N2)n1. The van der Waals surface area contributed by atoms with E-state index < -0.39 is 0 Å². The summed E-state index contributed by atoms with van der Waals surface area (Å²) >= 11 is 7.97. The highest BCUT2D eigenvalue weighted by atomic mass is 35.5. The van der Waals surface area contributed by atoms with Gasteiger partial charge in [-0.15, -0.1) is 11.3 Å². The quantitative estimate of drug-likeness (QED) is 0.821. The molecule has 0 atom stereocenters. The molecule has 1 aliphatic heterocycles. The molecule has 2 nitrogen and oxygen atoms in total. The molecule has 4 heteroatoms. The Bertz CT molecular complexity index is 756. The molecule has 0 unspecified atom stereocenters. The second kappa shape index (κ2) is 4.93. The molecule has 1 N–H and O–H groups in total. The fourth-order valence-electron chi connectivity index (χ4n) is 2.11. The maximum atomic E-state index is 6.40. The summed E-state index contributed by atoms with van der Waals surface area (Å²) in [5, 5.41) is 6.98. The number of thiazole rings is 1. The number of benzene rings is 1. The number of allylic oxidation sites excluding steroid dienone is 2. The van der Waals surface area contributed by atoms with Crippen LogP contribution < -0.4 is 5.32 Å². The number of hydrogen-bond donors (Lipinski definition) is 1. The standard InChI is InChI=1S/C16H13ClN2S/c1-4-11-8-20-16(18-11)13-7-10(3)12-6-5-9(2)14(17)15(12)19-13/h4-8,19H,1,3H2,2H3. The Morgan fingerprint density at radius 3 is 2.90 bits per heavy atom. The molecule has 1 aromatic heterocycles. The van der Waals surface area contributed by atoms with Crippen molar-refractivity contribution in [1.82, 2.24) is 4.98 Å². The van der Waals surface area contributed by atoms with Crippen LogP contribution in [0, 0.1) is 6.92 Å². The monoisotopic (exact) mass is 300 g/mol. The lowest BCUT2D eigenvalue weighted by Gasteiger charge is -2.21. The van der Waals surface area contributed by atoms with Crippen molar-refractivity contribution < 1.29 is 0 Å². The molecular weight excluding hydrogens is 288 g/mol. The summed E-state index contributed by atoms with van der Waals surface area (Å²) in [6.07, 6.45) is 3.74. The first-order valence-electron chi connectivity index (χ1n) is 6.15. The number of aryl methyl sites for hydroxylation is 1. The molecular formula is C16H13ClN2S. The van der Waals surface area contributed by atoms with E-state index in [0.29, 0.717) is 0 Å². The molecule has 2 aromatic rings. The Morgan fingerprint density at radius 2 is 2.20 bits per heavy atom. The minimum Gasteiger partial charge on any atom is -0.351 e.